The lowest BCUT2D eigenvalue weighted by Gasteiger charge is -2.40. The van der Waals surface area contributed by atoms with Gasteiger partial charge in [-0.15, -0.1) is 0 Å². The lowest BCUT2D eigenvalue weighted by atomic mass is 9.66. The number of rotatable bonds is 3. The molecule has 2 saturated carbocycles. The van der Waals surface area contributed by atoms with Crippen molar-refractivity contribution in [3.8, 4) is 0 Å². The van der Waals surface area contributed by atoms with Gasteiger partial charge in [-0.1, -0.05) is 39.0 Å². The quantitative estimate of drug-likeness (QED) is 0.770. The SMILES string of the molecule is CCC1CCC(C2CCCCC2CN)CC1. The normalized spacial score (nSPS) is 40.9. The minimum atomic E-state index is 0.858. The first-order valence-electron chi connectivity index (χ1n) is 7.55. The fraction of sp³-hybridized carbons (Fsp3) is 1.00. The highest BCUT2D eigenvalue weighted by Crippen LogP contribution is 2.42. The molecule has 2 fully saturated rings. The van der Waals surface area contributed by atoms with E-state index >= 15 is 0 Å². The van der Waals surface area contributed by atoms with Crippen molar-refractivity contribution in [2.75, 3.05) is 6.54 Å². The minimum Gasteiger partial charge on any atom is -0.330 e. The molecule has 2 rings (SSSR count). The third kappa shape index (κ3) is 2.80. The summed E-state index contributed by atoms with van der Waals surface area (Å²) in [5, 5.41) is 0. The van der Waals surface area contributed by atoms with Crippen LogP contribution in [0.3, 0.4) is 0 Å². The molecule has 94 valence electrons. The van der Waals surface area contributed by atoms with Crippen molar-refractivity contribution < 1.29 is 0 Å². The molecule has 0 aromatic heterocycles. The topological polar surface area (TPSA) is 26.0 Å². The Bertz CT molecular complexity index is 194. The van der Waals surface area contributed by atoms with E-state index in [2.05, 4.69) is 6.92 Å². The van der Waals surface area contributed by atoms with Crippen LogP contribution in [0.15, 0.2) is 0 Å². The molecule has 0 spiro atoms. The third-order valence-corrected chi connectivity index (χ3v) is 5.34. The number of hydrogen-bond donors (Lipinski definition) is 1. The van der Waals surface area contributed by atoms with E-state index in [0.29, 0.717) is 0 Å². The van der Waals surface area contributed by atoms with Crippen LogP contribution in [0.2, 0.25) is 0 Å². The van der Waals surface area contributed by atoms with Crippen molar-refractivity contribution in [1.29, 1.82) is 0 Å². The van der Waals surface area contributed by atoms with Crippen LogP contribution in [0.1, 0.15) is 64.7 Å². The standard InChI is InChI=1S/C15H29N/c1-2-12-7-9-13(10-8-12)15-6-4-3-5-14(15)11-16/h12-15H,2-11,16H2,1H3. The van der Waals surface area contributed by atoms with Gasteiger partial charge in [0.05, 0.1) is 0 Å². The first-order valence-corrected chi connectivity index (χ1v) is 7.55. The number of nitrogens with two attached hydrogens (primary N) is 1. The Labute approximate surface area is 101 Å². The van der Waals surface area contributed by atoms with Gasteiger partial charge in [0.1, 0.15) is 0 Å². The molecule has 16 heavy (non-hydrogen) atoms. The van der Waals surface area contributed by atoms with Crippen molar-refractivity contribution in [3.63, 3.8) is 0 Å². The van der Waals surface area contributed by atoms with E-state index in [4.69, 9.17) is 5.73 Å². The van der Waals surface area contributed by atoms with Crippen molar-refractivity contribution in [2.45, 2.75) is 64.7 Å². The summed E-state index contributed by atoms with van der Waals surface area (Å²) in [6.45, 7) is 3.30. The fourth-order valence-corrected chi connectivity index (χ4v) is 4.17. The second kappa shape index (κ2) is 6.05. The Morgan fingerprint density at radius 2 is 1.62 bits per heavy atom. The molecule has 0 radical (unpaired) electrons. The first-order chi connectivity index (χ1) is 7.85. The van der Waals surface area contributed by atoms with Crippen LogP contribution in [0.4, 0.5) is 0 Å². The number of hydrogen-bond acceptors (Lipinski definition) is 1. The summed E-state index contributed by atoms with van der Waals surface area (Å²) in [7, 11) is 0. The van der Waals surface area contributed by atoms with Crippen LogP contribution >= 0.6 is 0 Å². The molecule has 0 aromatic rings. The van der Waals surface area contributed by atoms with Gasteiger partial charge in [-0.2, -0.15) is 0 Å². The van der Waals surface area contributed by atoms with Crippen LogP contribution in [-0.2, 0) is 0 Å². The van der Waals surface area contributed by atoms with Gasteiger partial charge in [0.25, 0.3) is 0 Å². The van der Waals surface area contributed by atoms with Gasteiger partial charge in [0.15, 0.2) is 0 Å². The van der Waals surface area contributed by atoms with Crippen LogP contribution in [0.5, 0.6) is 0 Å². The molecule has 1 heteroatoms. The Morgan fingerprint density at radius 1 is 0.938 bits per heavy atom. The molecule has 0 saturated heterocycles. The van der Waals surface area contributed by atoms with Crippen LogP contribution in [0, 0.1) is 23.7 Å². The van der Waals surface area contributed by atoms with Gasteiger partial charge in [0.2, 0.25) is 0 Å². The minimum absolute atomic E-state index is 0.858. The maximum absolute atomic E-state index is 5.95. The van der Waals surface area contributed by atoms with Crippen molar-refractivity contribution in [2.24, 2.45) is 29.4 Å². The molecule has 1 nitrogen and oxygen atoms in total. The highest BCUT2D eigenvalue weighted by Gasteiger charge is 2.33. The van der Waals surface area contributed by atoms with Gasteiger partial charge in [-0.25, -0.2) is 0 Å². The summed E-state index contributed by atoms with van der Waals surface area (Å²) >= 11 is 0. The van der Waals surface area contributed by atoms with E-state index in [1.54, 1.807) is 0 Å². The zero-order valence-corrected chi connectivity index (χ0v) is 11.0. The summed E-state index contributed by atoms with van der Waals surface area (Å²) in [6, 6.07) is 0. The zero-order chi connectivity index (χ0) is 11.4. The summed E-state index contributed by atoms with van der Waals surface area (Å²) < 4.78 is 0. The Kier molecular flexibility index (Phi) is 4.69. The summed E-state index contributed by atoms with van der Waals surface area (Å²) in [6.07, 6.45) is 13.2. The highest BCUT2D eigenvalue weighted by atomic mass is 14.6. The lowest BCUT2D eigenvalue weighted by molar-refractivity contribution is 0.115. The molecular formula is C15H29N. The van der Waals surface area contributed by atoms with Gasteiger partial charge < -0.3 is 5.73 Å². The predicted octanol–water partition coefficient (Wildman–Crippen LogP) is 3.97. The van der Waals surface area contributed by atoms with Gasteiger partial charge in [-0.3, -0.25) is 0 Å². The molecule has 2 N–H and O–H groups in total. The Hall–Kier alpha value is -0.0400. The molecule has 0 heterocycles. The molecular weight excluding hydrogens is 194 g/mol. The second-order valence-corrected chi connectivity index (χ2v) is 6.13. The average Bonchev–Trinajstić information content (AvgIpc) is 2.39. The monoisotopic (exact) mass is 223 g/mol. The van der Waals surface area contributed by atoms with Crippen LogP contribution < -0.4 is 5.73 Å². The Balaban J connectivity index is 1.86. The molecule has 2 unspecified atom stereocenters. The van der Waals surface area contributed by atoms with Crippen LogP contribution in [0.25, 0.3) is 0 Å². The second-order valence-electron chi connectivity index (χ2n) is 6.13. The third-order valence-electron chi connectivity index (χ3n) is 5.34. The lowest BCUT2D eigenvalue weighted by Crippen LogP contribution is -2.33. The van der Waals surface area contributed by atoms with Crippen molar-refractivity contribution in [3.05, 3.63) is 0 Å². The van der Waals surface area contributed by atoms with Gasteiger partial charge in [-0.05, 0) is 55.9 Å². The molecule has 2 aliphatic carbocycles. The predicted molar refractivity (Wildman–Crippen MR) is 70.2 cm³/mol. The first kappa shape index (κ1) is 12.4. The highest BCUT2D eigenvalue weighted by molar-refractivity contribution is 4.84. The summed E-state index contributed by atoms with van der Waals surface area (Å²) in [5.74, 6) is 3.90. The molecule has 0 amide bonds. The van der Waals surface area contributed by atoms with Crippen molar-refractivity contribution >= 4 is 0 Å². The van der Waals surface area contributed by atoms with E-state index in [1.807, 2.05) is 0 Å². The summed E-state index contributed by atoms with van der Waals surface area (Å²) in [5.41, 5.74) is 5.95. The average molecular weight is 223 g/mol. The maximum Gasteiger partial charge on any atom is -0.00461 e. The molecule has 0 aliphatic heterocycles. The van der Waals surface area contributed by atoms with Gasteiger partial charge in [0, 0.05) is 0 Å². The van der Waals surface area contributed by atoms with Gasteiger partial charge >= 0.3 is 0 Å². The van der Waals surface area contributed by atoms with E-state index in [1.165, 1.54) is 57.8 Å². The van der Waals surface area contributed by atoms with E-state index in [9.17, 15) is 0 Å². The molecule has 2 atom stereocenters. The van der Waals surface area contributed by atoms with Crippen molar-refractivity contribution in [1.82, 2.24) is 0 Å². The maximum atomic E-state index is 5.95. The molecule has 2 aliphatic rings. The smallest absolute Gasteiger partial charge is 0.00461 e. The molecule has 0 aromatic carbocycles. The fourth-order valence-electron chi connectivity index (χ4n) is 4.17. The van der Waals surface area contributed by atoms with E-state index in [0.717, 1.165) is 30.2 Å². The van der Waals surface area contributed by atoms with E-state index < -0.39 is 0 Å². The molecule has 0 bridgehead atoms. The Morgan fingerprint density at radius 3 is 2.25 bits per heavy atom. The largest absolute Gasteiger partial charge is 0.330 e. The van der Waals surface area contributed by atoms with Crippen LogP contribution in [-0.4, -0.2) is 6.54 Å². The summed E-state index contributed by atoms with van der Waals surface area (Å²) in [4.78, 5) is 0. The zero-order valence-electron chi connectivity index (χ0n) is 11.0. The van der Waals surface area contributed by atoms with E-state index in [-0.39, 0.29) is 0 Å².